The summed E-state index contributed by atoms with van der Waals surface area (Å²) in [4.78, 5) is 0. The van der Waals surface area contributed by atoms with E-state index in [9.17, 15) is 10.2 Å². The first-order valence-electron chi connectivity index (χ1n) is 7.94. The van der Waals surface area contributed by atoms with Crippen molar-refractivity contribution in [3.63, 3.8) is 0 Å². The number of phenolic OH excluding ortho intramolecular Hbond substituents is 1. The molecule has 110 valence electrons. The minimum absolute atomic E-state index is 0.328. The van der Waals surface area contributed by atoms with Gasteiger partial charge in [-0.2, -0.15) is 0 Å². The van der Waals surface area contributed by atoms with Crippen molar-refractivity contribution in [2.24, 2.45) is 11.8 Å². The van der Waals surface area contributed by atoms with Gasteiger partial charge >= 0.3 is 0 Å². The Morgan fingerprint density at radius 1 is 1.10 bits per heavy atom. The fourth-order valence-corrected chi connectivity index (χ4v) is 3.93. The van der Waals surface area contributed by atoms with Crippen LogP contribution in [0.3, 0.4) is 0 Å². The summed E-state index contributed by atoms with van der Waals surface area (Å²) in [6.07, 6.45) is 7.01. The van der Waals surface area contributed by atoms with Gasteiger partial charge in [0, 0.05) is 12.6 Å². The Kier molecular flexibility index (Phi) is 4.27. The van der Waals surface area contributed by atoms with Gasteiger partial charge in [0.2, 0.25) is 0 Å². The van der Waals surface area contributed by atoms with Crippen LogP contribution in [-0.2, 0) is 6.42 Å². The van der Waals surface area contributed by atoms with Crippen molar-refractivity contribution in [1.82, 2.24) is 5.32 Å². The first-order chi connectivity index (χ1) is 9.79. The van der Waals surface area contributed by atoms with Crippen LogP contribution in [0.25, 0.3) is 0 Å². The van der Waals surface area contributed by atoms with Crippen LogP contribution in [0.1, 0.15) is 49.3 Å². The highest BCUT2D eigenvalue weighted by molar-refractivity contribution is 5.44. The summed E-state index contributed by atoms with van der Waals surface area (Å²) in [6, 6.07) is 6.22. The summed E-state index contributed by atoms with van der Waals surface area (Å²) < 4.78 is 0. The van der Waals surface area contributed by atoms with Gasteiger partial charge in [-0.15, -0.1) is 0 Å². The number of aliphatic hydroxyl groups is 1. The number of hydrogen-bond donors (Lipinski definition) is 3. The van der Waals surface area contributed by atoms with Crippen molar-refractivity contribution in [2.75, 3.05) is 13.2 Å². The highest BCUT2D eigenvalue weighted by Crippen LogP contribution is 2.37. The smallest absolute Gasteiger partial charge is 0.119 e. The van der Waals surface area contributed by atoms with Gasteiger partial charge in [-0.1, -0.05) is 25.0 Å². The lowest BCUT2D eigenvalue weighted by Gasteiger charge is -2.31. The van der Waals surface area contributed by atoms with Crippen molar-refractivity contribution < 1.29 is 10.2 Å². The third kappa shape index (κ3) is 2.70. The molecule has 0 amide bonds. The maximum Gasteiger partial charge on any atom is 0.119 e. The largest absolute Gasteiger partial charge is 0.508 e. The van der Waals surface area contributed by atoms with E-state index in [1.54, 1.807) is 6.07 Å². The second kappa shape index (κ2) is 6.15. The second-order valence-electron chi connectivity index (χ2n) is 6.33. The van der Waals surface area contributed by atoms with Gasteiger partial charge in [0.1, 0.15) is 5.75 Å². The monoisotopic (exact) mass is 275 g/mol. The molecule has 3 unspecified atom stereocenters. The van der Waals surface area contributed by atoms with Crippen LogP contribution in [0.15, 0.2) is 18.2 Å². The van der Waals surface area contributed by atoms with Gasteiger partial charge in [0.05, 0.1) is 0 Å². The molecule has 0 heterocycles. The molecule has 3 atom stereocenters. The lowest BCUT2D eigenvalue weighted by atomic mass is 9.79. The van der Waals surface area contributed by atoms with Gasteiger partial charge in [-0.05, 0) is 61.3 Å². The lowest BCUT2D eigenvalue weighted by Crippen LogP contribution is -2.33. The normalized spacial score (nSPS) is 29.4. The third-order valence-electron chi connectivity index (χ3n) is 5.17. The molecule has 20 heavy (non-hydrogen) atoms. The molecule has 2 aliphatic rings. The van der Waals surface area contributed by atoms with Crippen molar-refractivity contribution in [2.45, 2.75) is 44.6 Å². The zero-order chi connectivity index (χ0) is 13.9. The SMILES string of the molecule is OCC1CCCCC1CNC1CCc2c(O)cccc21. The molecule has 3 nitrogen and oxygen atoms in total. The molecule has 0 aromatic heterocycles. The van der Waals surface area contributed by atoms with Crippen molar-refractivity contribution >= 4 is 0 Å². The van der Waals surface area contributed by atoms with Gasteiger partial charge < -0.3 is 15.5 Å². The van der Waals surface area contributed by atoms with E-state index in [2.05, 4.69) is 11.4 Å². The average molecular weight is 275 g/mol. The molecule has 3 heteroatoms. The van der Waals surface area contributed by atoms with E-state index in [0.29, 0.717) is 30.2 Å². The van der Waals surface area contributed by atoms with Gasteiger partial charge in [-0.25, -0.2) is 0 Å². The van der Waals surface area contributed by atoms with E-state index in [0.717, 1.165) is 24.9 Å². The Bertz CT molecular complexity index is 460. The first kappa shape index (κ1) is 13.9. The summed E-state index contributed by atoms with van der Waals surface area (Å²) in [5.41, 5.74) is 2.38. The van der Waals surface area contributed by atoms with Crippen molar-refractivity contribution in [3.05, 3.63) is 29.3 Å². The molecule has 2 aliphatic carbocycles. The van der Waals surface area contributed by atoms with Crippen LogP contribution < -0.4 is 5.32 Å². The molecule has 3 N–H and O–H groups in total. The van der Waals surface area contributed by atoms with Crippen LogP contribution in [0, 0.1) is 11.8 Å². The van der Waals surface area contributed by atoms with E-state index in [1.165, 1.54) is 31.2 Å². The maximum absolute atomic E-state index is 9.89. The molecule has 0 saturated heterocycles. The van der Waals surface area contributed by atoms with E-state index < -0.39 is 0 Å². The maximum atomic E-state index is 9.89. The van der Waals surface area contributed by atoms with Crippen LogP contribution in [0.4, 0.5) is 0 Å². The fourth-order valence-electron chi connectivity index (χ4n) is 3.93. The predicted molar refractivity (Wildman–Crippen MR) is 79.7 cm³/mol. The molecule has 1 saturated carbocycles. The van der Waals surface area contributed by atoms with E-state index in [1.807, 2.05) is 6.07 Å². The van der Waals surface area contributed by atoms with E-state index >= 15 is 0 Å². The third-order valence-corrected chi connectivity index (χ3v) is 5.17. The van der Waals surface area contributed by atoms with Crippen LogP contribution >= 0.6 is 0 Å². The number of aliphatic hydroxyl groups excluding tert-OH is 1. The summed E-state index contributed by atoms with van der Waals surface area (Å²) in [7, 11) is 0. The molecule has 3 rings (SSSR count). The zero-order valence-electron chi connectivity index (χ0n) is 12.0. The highest BCUT2D eigenvalue weighted by atomic mass is 16.3. The Morgan fingerprint density at radius 3 is 2.70 bits per heavy atom. The Hall–Kier alpha value is -1.06. The Balaban J connectivity index is 1.61. The van der Waals surface area contributed by atoms with Gasteiger partial charge in [0.25, 0.3) is 0 Å². The molecule has 1 aromatic carbocycles. The molecule has 0 aliphatic heterocycles. The summed E-state index contributed by atoms with van der Waals surface area (Å²) in [5, 5.41) is 23.0. The van der Waals surface area contributed by atoms with Crippen LogP contribution in [0.2, 0.25) is 0 Å². The average Bonchev–Trinajstić information content (AvgIpc) is 2.90. The Morgan fingerprint density at radius 2 is 1.90 bits per heavy atom. The van der Waals surface area contributed by atoms with Gasteiger partial charge in [-0.3, -0.25) is 0 Å². The van der Waals surface area contributed by atoms with E-state index in [4.69, 9.17) is 0 Å². The number of benzene rings is 1. The van der Waals surface area contributed by atoms with Crippen LogP contribution in [0.5, 0.6) is 5.75 Å². The number of aromatic hydroxyl groups is 1. The zero-order valence-corrected chi connectivity index (χ0v) is 12.0. The van der Waals surface area contributed by atoms with Crippen molar-refractivity contribution in [1.29, 1.82) is 0 Å². The first-order valence-corrected chi connectivity index (χ1v) is 7.94. The molecule has 1 aromatic rings. The van der Waals surface area contributed by atoms with Crippen LogP contribution in [-0.4, -0.2) is 23.4 Å². The molecule has 0 bridgehead atoms. The fraction of sp³-hybridized carbons (Fsp3) is 0.647. The standard InChI is InChI=1S/C17H25NO2/c19-11-13-5-2-1-4-12(13)10-18-16-9-8-15-14(16)6-3-7-17(15)20/h3,6-7,12-13,16,18-20H,1-2,4-5,8-11H2. The number of fused-ring (bicyclic) bond motifs is 1. The number of nitrogens with one attached hydrogen (secondary N) is 1. The second-order valence-corrected chi connectivity index (χ2v) is 6.33. The summed E-state index contributed by atoms with van der Waals surface area (Å²) >= 11 is 0. The minimum atomic E-state index is 0.328. The molecule has 0 spiro atoms. The predicted octanol–water partition coefficient (Wildman–Crippen LogP) is 2.77. The quantitative estimate of drug-likeness (QED) is 0.792. The minimum Gasteiger partial charge on any atom is -0.508 e. The molecular formula is C17H25NO2. The molecule has 1 fully saturated rings. The van der Waals surface area contributed by atoms with E-state index in [-0.39, 0.29) is 0 Å². The topological polar surface area (TPSA) is 52.5 Å². The Labute approximate surface area is 121 Å². The molecular weight excluding hydrogens is 250 g/mol. The summed E-state index contributed by atoms with van der Waals surface area (Å²) in [5.74, 6) is 1.52. The number of phenols is 1. The number of hydrogen-bond acceptors (Lipinski definition) is 3. The molecule has 0 radical (unpaired) electrons. The summed E-state index contributed by atoms with van der Waals surface area (Å²) in [6.45, 7) is 1.32. The number of rotatable bonds is 4. The highest BCUT2D eigenvalue weighted by Gasteiger charge is 2.28. The van der Waals surface area contributed by atoms with Gasteiger partial charge in [0.15, 0.2) is 0 Å². The van der Waals surface area contributed by atoms with Crippen molar-refractivity contribution in [3.8, 4) is 5.75 Å². The lowest BCUT2D eigenvalue weighted by molar-refractivity contribution is 0.131.